The first-order valence-corrected chi connectivity index (χ1v) is 10.2. The Morgan fingerprint density at radius 3 is 2.68 bits per heavy atom. The maximum Gasteiger partial charge on any atom is 0.232 e. The highest BCUT2D eigenvalue weighted by Crippen LogP contribution is 2.43. The van der Waals surface area contributed by atoms with E-state index in [1.54, 1.807) is 18.9 Å². The Labute approximate surface area is 181 Å². The molecule has 0 fully saturated rings. The summed E-state index contributed by atoms with van der Waals surface area (Å²) in [6, 6.07) is 11.0. The molecule has 162 valence electrons. The second kappa shape index (κ2) is 8.29. The van der Waals surface area contributed by atoms with Gasteiger partial charge < -0.3 is 20.1 Å². The number of hydrogen-bond donors (Lipinski definition) is 2. The molecule has 3 atom stereocenters. The van der Waals surface area contributed by atoms with Gasteiger partial charge in [-0.05, 0) is 38.5 Å². The lowest BCUT2D eigenvalue weighted by Gasteiger charge is -2.37. The molecular formula is C23H27N5O3. The van der Waals surface area contributed by atoms with Gasteiger partial charge in [-0.15, -0.1) is 0 Å². The summed E-state index contributed by atoms with van der Waals surface area (Å²) in [7, 11) is 3.19. The van der Waals surface area contributed by atoms with Crippen LogP contribution in [0.4, 0.5) is 11.6 Å². The van der Waals surface area contributed by atoms with Crippen LogP contribution in [0.1, 0.15) is 29.7 Å². The van der Waals surface area contributed by atoms with Crippen molar-refractivity contribution >= 4 is 17.5 Å². The number of para-hydroxylation sites is 1. The van der Waals surface area contributed by atoms with Gasteiger partial charge in [0.05, 0.1) is 26.2 Å². The number of aromatic nitrogens is 3. The Bertz CT molecular complexity index is 1110. The van der Waals surface area contributed by atoms with Gasteiger partial charge >= 0.3 is 0 Å². The van der Waals surface area contributed by atoms with Gasteiger partial charge in [0.25, 0.3) is 0 Å². The predicted octanol–water partition coefficient (Wildman–Crippen LogP) is 3.57. The molecule has 0 unspecified atom stereocenters. The topological polar surface area (TPSA) is 90.3 Å². The molecule has 31 heavy (non-hydrogen) atoms. The first kappa shape index (κ1) is 20.7. The maximum atomic E-state index is 13.6. The Morgan fingerprint density at radius 2 is 1.97 bits per heavy atom. The summed E-state index contributed by atoms with van der Waals surface area (Å²) in [5.74, 6) is 1.20. The van der Waals surface area contributed by atoms with Crippen LogP contribution in [0.3, 0.4) is 0 Å². The van der Waals surface area contributed by atoms with Crippen LogP contribution >= 0.6 is 0 Å². The molecule has 2 aromatic carbocycles. The number of fused-ring (bicyclic) bond motifs is 1. The van der Waals surface area contributed by atoms with E-state index in [1.165, 1.54) is 6.33 Å². The van der Waals surface area contributed by atoms with Gasteiger partial charge in [0.2, 0.25) is 11.9 Å². The Balaban J connectivity index is 1.80. The highest BCUT2D eigenvalue weighted by atomic mass is 16.5. The van der Waals surface area contributed by atoms with E-state index in [0.717, 1.165) is 22.4 Å². The largest absolute Gasteiger partial charge is 0.493 e. The second-order valence-electron chi connectivity index (χ2n) is 7.82. The number of carbonyl (C=O) groups excluding carboxylic acids is 1. The SMILES string of the molecule is COc1cccc([C@@H]2[C@H](C(=O)Nc3ccc(C)cc3C)[C@@H](C)Nc3ncnn32)c1OC. The highest BCUT2D eigenvalue weighted by molar-refractivity contribution is 5.95. The van der Waals surface area contributed by atoms with Gasteiger partial charge in [-0.25, -0.2) is 4.68 Å². The molecule has 1 amide bonds. The third kappa shape index (κ3) is 3.69. The minimum absolute atomic E-state index is 0.108. The molecule has 0 spiro atoms. The molecule has 2 heterocycles. The number of nitrogens with one attached hydrogen (secondary N) is 2. The van der Waals surface area contributed by atoms with Crippen LogP contribution in [0.2, 0.25) is 0 Å². The second-order valence-corrected chi connectivity index (χ2v) is 7.82. The molecule has 0 bridgehead atoms. The number of methoxy groups -OCH3 is 2. The van der Waals surface area contributed by atoms with Crippen molar-refractivity contribution in [2.24, 2.45) is 5.92 Å². The number of hydrogen-bond acceptors (Lipinski definition) is 6. The number of amides is 1. The minimum atomic E-state index is -0.476. The van der Waals surface area contributed by atoms with Crippen LogP contribution < -0.4 is 20.1 Å². The van der Waals surface area contributed by atoms with Crippen molar-refractivity contribution in [3.05, 3.63) is 59.4 Å². The van der Waals surface area contributed by atoms with Crippen LogP contribution in [0.5, 0.6) is 11.5 Å². The summed E-state index contributed by atoms with van der Waals surface area (Å²) < 4.78 is 12.9. The summed E-state index contributed by atoms with van der Waals surface area (Å²) in [5.41, 5.74) is 3.77. The molecule has 0 saturated carbocycles. The van der Waals surface area contributed by atoms with Gasteiger partial charge in [0.15, 0.2) is 11.5 Å². The van der Waals surface area contributed by atoms with E-state index in [0.29, 0.717) is 17.4 Å². The van der Waals surface area contributed by atoms with Crippen molar-refractivity contribution in [2.45, 2.75) is 32.9 Å². The van der Waals surface area contributed by atoms with Crippen molar-refractivity contribution in [1.82, 2.24) is 14.8 Å². The van der Waals surface area contributed by atoms with Gasteiger partial charge in [-0.3, -0.25) is 4.79 Å². The van der Waals surface area contributed by atoms with Gasteiger partial charge in [0.1, 0.15) is 6.33 Å². The number of aryl methyl sites for hydroxylation is 2. The molecule has 8 nitrogen and oxygen atoms in total. The van der Waals surface area contributed by atoms with E-state index in [2.05, 4.69) is 26.8 Å². The van der Waals surface area contributed by atoms with E-state index in [-0.39, 0.29) is 11.9 Å². The third-order valence-electron chi connectivity index (χ3n) is 5.77. The van der Waals surface area contributed by atoms with Crippen LogP contribution in [0, 0.1) is 19.8 Å². The molecule has 3 aromatic rings. The Morgan fingerprint density at radius 1 is 1.16 bits per heavy atom. The average Bonchev–Trinajstić information content (AvgIpc) is 3.21. The zero-order chi connectivity index (χ0) is 22.1. The fraction of sp³-hybridized carbons (Fsp3) is 0.348. The summed E-state index contributed by atoms with van der Waals surface area (Å²) in [5, 5.41) is 10.8. The summed E-state index contributed by atoms with van der Waals surface area (Å²) >= 11 is 0. The lowest BCUT2D eigenvalue weighted by atomic mass is 9.84. The minimum Gasteiger partial charge on any atom is -0.493 e. The van der Waals surface area contributed by atoms with Gasteiger partial charge in [-0.2, -0.15) is 10.1 Å². The zero-order valence-electron chi connectivity index (χ0n) is 18.3. The van der Waals surface area contributed by atoms with Crippen molar-refractivity contribution in [3.8, 4) is 11.5 Å². The van der Waals surface area contributed by atoms with Crippen molar-refractivity contribution < 1.29 is 14.3 Å². The molecule has 4 rings (SSSR count). The molecule has 1 aliphatic heterocycles. The van der Waals surface area contributed by atoms with E-state index in [9.17, 15) is 4.79 Å². The normalized spacial score (nSPS) is 19.8. The summed E-state index contributed by atoms with van der Waals surface area (Å²) in [4.78, 5) is 17.9. The highest BCUT2D eigenvalue weighted by Gasteiger charge is 2.43. The van der Waals surface area contributed by atoms with Gasteiger partial charge in [-0.1, -0.05) is 29.8 Å². The van der Waals surface area contributed by atoms with E-state index >= 15 is 0 Å². The van der Waals surface area contributed by atoms with E-state index in [4.69, 9.17) is 9.47 Å². The molecule has 8 heteroatoms. The zero-order valence-corrected chi connectivity index (χ0v) is 18.3. The molecule has 0 radical (unpaired) electrons. The first-order chi connectivity index (χ1) is 14.9. The number of carbonyl (C=O) groups is 1. The smallest absolute Gasteiger partial charge is 0.232 e. The molecule has 0 saturated heterocycles. The molecule has 1 aromatic heterocycles. The number of ether oxygens (including phenoxy) is 2. The molecule has 0 aliphatic carbocycles. The maximum absolute atomic E-state index is 13.6. The van der Waals surface area contributed by atoms with Crippen LogP contribution in [0.15, 0.2) is 42.7 Å². The number of benzene rings is 2. The van der Waals surface area contributed by atoms with Crippen molar-refractivity contribution in [3.63, 3.8) is 0 Å². The van der Waals surface area contributed by atoms with Crippen molar-refractivity contribution in [2.75, 3.05) is 24.9 Å². The van der Waals surface area contributed by atoms with Crippen LogP contribution in [-0.4, -0.2) is 40.9 Å². The third-order valence-corrected chi connectivity index (χ3v) is 5.77. The lowest BCUT2D eigenvalue weighted by Crippen LogP contribution is -2.46. The Kier molecular flexibility index (Phi) is 5.54. The predicted molar refractivity (Wildman–Crippen MR) is 119 cm³/mol. The first-order valence-electron chi connectivity index (χ1n) is 10.2. The molecule has 1 aliphatic rings. The van der Waals surface area contributed by atoms with Crippen LogP contribution in [-0.2, 0) is 4.79 Å². The quantitative estimate of drug-likeness (QED) is 0.655. The van der Waals surface area contributed by atoms with E-state index < -0.39 is 12.0 Å². The van der Waals surface area contributed by atoms with Crippen LogP contribution in [0.25, 0.3) is 0 Å². The van der Waals surface area contributed by atoms with Crippen molar-refractivity contribution in [1.29, 1.82) is 0 Å². The number of anilines is 2. The lowest BCUT2D eigenvalue weighted by molar-refractivity contribution is -0.121. The number of rotatable bonds is 5. The fourth-order valence-corrected chi connectivity index (χ4v) is 4.29. The standard InChI is InChI=1S/C23H27N5O3/c1-13-9-10-17(14(2)11-13)27-22(29)19-15(3)26-23-24-12-25-28(23)20(19)16-7-6-8-18(30-4)21(16)31-5/h6-12,15,19-20H,1-5H3,(H,27,29)(H,24,25,26)/t15-,19-,20-/m1/s1. The summed E-state index contributed by atoms with van der Waals surface area (Å²) in [6.45, 7) is 6.00. The van der Waals surface area contributed by atoms with Gasteiger partial charge in [0, 0.05) is 17.3 Å². The average molecular weight is 422 g/mol. The monoisotopic (exact) mass is 421 g/mol. The molecular weight excluding hydrogens is 394 g/mol. The molecule has 2 N–H and O–H groups in total. The number of nitrogens with zero attached hydrogens (tertiary/aromatic N) is 3. The summed E-state index contributed by atoms with van der Waals surface area (Å²) in [6.07, 6.45) is 1.49. The Hall–Kier alpha value is -3.55. The van der Waals surface area contributed by atoms with E-state index in [1.807, 2.05) is 51.1 Å². The fourth-order valence-electron chi connectivity index (χ4n) is 4.29.